The summed E-state index contributed by atoms with van der Waals surface area (Å²) in [4.78, 5) is 12.4. The smallest absolute Gasteiger partial charge is 0.262 e. The number of benzene rings is 1. The van der Waals surface area contributed by atoms with Crippen molar-refractivity contribution in [1.29, 1.82) is 0 Å². The number of hydrogen-bond donors (Lipinski definition) is 0. The zero-order valence-electron chi connectivity index (χ0n) is 11.8. The van der Waals surface area contributed by atoms with Gasteiger partial charge in [-0.15, -0.1) is 10.2 Å². The molecule has 2 heterocycles. The molecule has 0 spiro atoms. The predicted octanol–water partition coefficient (Wildman–Crippen LogP) is 2.62. The molecule has 3 aromatic rings. The molecule has 1 aliphatic rings. The fraction of sp³-hybridized carbons (Fsp3) is 0.400. The number of thioether (sulfide) groups is 1. The Labute approximate surface area is 126 Å². The second-order valence-corrected chi connectivity index (χ2v) is 6.79. The van der Waals surface area contributed by atoms with E-state index in [2.05, 4.69) is 10.2 Å². The van der Waals surface area contributed by atoms with E-state index in [-0.39, 0.29) is 5.56 Å². The number of fused-ring (bicyclic) bond motifs is 3. The Morgan fingerprint density at radius 1 is 1.19 bits per heavy atom. The molecule has 108 valence electrons. The van der Waals surface area contributed by atoms with E-state index in [9.17, 15) is 4.79 Å². The Morgan fingerprint density at radius 2 is 1.95 bits per heavy atom. The first kappa shape index (κ1) is 12.9. The van der Waals surface area contributed by atoms with Crippen LogP contribution in [0.1, 0.15) is 25.7 Å². The van der Waals surface area contributed by atoms with E-state index in [0.29, 0.717) is 16.4 Å². The molecular weight excluding hydrogens is 284 g/mol. The lowest BCUT2D eigenvalue weighted by Crippen LogP contribution is -2.20. The molecule has 0 saturated heterocycles. The van der Waals surface area contributed by atoms with Gasteiger partial charge in [-0.25, -0.2) is 0 Å². The fourth-order valence-electron chi connectivity index (χ4n) is 3.04. The van der Waals surface area contributed by atoms with Gasteiger partial charge in [0.1, 0.15) is 0 Å². The number of hydrogen-bond acceptors (Lipinski definition) is 4. The second kappa shape index (κ2) is 4.87. The summed E-state index contributed by atoms with van der Waals surface area (Å²) in [7, 11) is 1.75. The molecule has 2 aromatic heterocycles. The molecule has 1 aromatic carbocycles. The van der Waals surface area contributed by atoms with Gasteiger partial charge in [-0.05, 0) is 25.0 Å². The molecule has 0 aliphatic heterocycles. The Kier molecular flexibility index (Phi) is 2.99. The van der Waals surface area contributed by atoms with E-state index < -0.39 is 0 Å². The molecule has 0 atom stereocenters. The average Bonchev–Trinajstić information content (AvgIpc) is 3.15. The van der Waals surface area contributed by atoms with Crippen molar-refractivity contribution in [2.75, 3.05) is 0 Å². The molecule has 21 heavy (non-hydrogen) atoms. The van der Waals surface area contributed by atoms with Gasteiger partial charge in [0.15, 0.2) is 5.16 Å². The Morgan fingerprint density at radius 3 is 2.76 bits per heavy atom. The Balaban J connectivity index is 1.99. The topological polar surface area (TPSA) is 52.2 Å². The predicted molar refractivity (Wildman–Crippen MR) is 83.8 cm³/mol. The van der Waals surface area contributed by atoms with Gasteiger partial charge in [0, 0.05) is 12.3 Å². The van der Waals surface area contributed by atoms with Crippen LogP contribution in [0.25, 0.3) is 16.7 Å². The van der Waals surface area contributed by atoms with Crippen LogP contribution in [-0.4, -0.2) is 24.4 Å². The van der Waals surface area contributed by atoms with Gasteiger partial charge >= 0.3 is 0 Å². The Bertz CT molecular complexity index is 876. The van der Waals surface area contributed by atoms with E-state index in [4.69, 9.17) is 0 Å². The van der Waals surface area contributed by atoms with E-state index >= 15 is 0 Å². The van der Waals surface area contributed by atoms with Crippen molar-refractivity contribution in [1.82, 2.24) is 19.2 Å². The second-order valence-electron chi connectivity index (χ2n) is 5.52. The van der Waals surface area contributed by atoms with Crippen LogP contribution in [-0.2, 0) is 7.05 Å². The van der Waals surface area contributed by atoms with Crippen LogP contribution in [0.15, 0.2) is 34.2 Å². The first-order valence-corrected chi connectivity index (χ1v) is 8.13. The minimum Gasteiger partial charge on any atom is -0.279 e. The standard InChI is InChI=1S/C15H16N4OS/c1-18-13(20)11-8-4-5-9-12(11)19-14(18)16-17-15(19)21-10-6-2-3-7-10/h4-5,8-10H,2-3,6-7H2,1H3. The Hall–Kier alpha value is -1.82. The number of para-hydroxylation sites is 1. The summed E-state index contributed by atoms with van der Waals surface area (Å²) in [5, 5.41) is 10.8. The monoisotopic (exact) mass is 300 g/mol. The highest BCUT2D eigenvalue weighted by atomic mass is 32.2. The summed E-state index contributed by atoms with van der Waals surface area (Å²) in [6.07, 6.45) is 5.08. The zero-order chi connectivity index (χ0) is 14.4. The van der Waals surface area contributed by atoms with Crippen LogP contribution in [0.3, 0.4) is 0 Å². The maximum atomic E-state index is 12.4. The number of aromatic nitrogens is 4. The number of aryl methyl sites for hydroxylation is 1. The minimum atomic E-state index is -0.0251. The molecule has 5 nitrogen and oxygen atoms in total. The molecule has 1 fully saturated rings. The summed E-state index contributed by atoms with van der Waals surface area (Å²) in [6.45, 7) is 0. The van der Waals surface area contributed by atoms with Crippen LogP contribution in [0.4, 0.5) is 0 Å². The van der Waals surface area contributed by atoms with Crippen molar-refractivity contribution in [3.8, 4) is 0 Å². The van der Waals surface area contributed by atoms with Crippen LogP contribution >= 0.6 is 11.8 Å². The maximum absolute atomic E-state index is 12.4. The summed E-state index contributed by atoms with van der Waals surface area (Å²) >= 11 is 1.79. The van der Waals surface area contributed by atoms with Crippen LogP contribution in [0.5, 0.6) is 0 Å². The van der Waals surface area contributed by atoms with Gasteiger partial charge in [0.05, 0.1) is 10.9 Å². The molecule has 1 saturated carbocycles. The van der Waals surface area contributed by atoms with Gasteiger partial charge in [-0.2, -0.15) is 0 Å². The average molecular weight is 300 g/mol. The van der Waals surface area contributed by atoms with Crippen molar-refractivity contribution in [2.45, 2.75) is 36.1 Å². The quantitative estimate of drug-likeness (QED) is 0.730. The van der Waals surface area contributed by atoms with Gasteiger partial charge < -0.3 is 0 Å². The molecule has 1 aliphatic carbocycles. The van der Waals surface area contributed by atoms with Gasteiger partial charge in [-0.3, -0.25) is 13.8 Å². The molecule has 0 unspecified atom stereocenters. The van der Waals surface area contributed by atoms with E-state index in [1.807, 2.05) is 28.7 Å². The molecule has 6 heteroatoms. The number of rotatable bonds is 2. The lowest BCUT2D eigenvalue weighted by molar-refractivity contribution is 0.849. The van der Waals surface area contributed by atoms with Gasteiger partial charge in [0.2, 0.25) is 5.78 Å². The third kappa shape index (κ3) is 1.97. The fourth-order valence-corrected chi connectivity index (χ4v) is 4.28. The normalized spacial score (nSPS) is 16.2. The first-order chi connectivity index (χ1) is 10.3. The maximum Gasteiger partial charge on any atom is 0.262 e. The van der Waals surface area contributed by atoms with Gasteiger partial charge in [-0.1, -0.05) is 36.7 Å². The zero-order valence-corrected chi connectivity index (χ0v) is 12.6. The van der Waals surface area contributed by atoms with E-state index in [1.54, 1.807) is 23.4 Å². The van der Waals surface area contributed by atoms with Crippen LogP contribution in [0, 0.1) is 0 Å². The highest BCUT2D eigenvalue weighted by molar-refractivity contribution is 7.99. The summed E-state index contributed by atoms with van der Waals surface area (Å²) < 4.78 is 3.59. The first-order valence-electron chi connectivity index (χ1n) is 7.25. The van der Waals surface area contributed by atoms with Gasteiger partial charge in [0.25, 0.3) is 5.56 Å². The highest BCUT2D eigenvalue weighted by Crippen LogP contribution is 2.34. The molecule has 0 bridgehead atoms. The van der Waals surface area contributed by atoms with E-state index in [0.717, 1.165) is 10.7 Å². The SMILES string of the molecule is Cn1c(=O)c2ccccc2n2c(SC3CCCC3)nnc12. The highest BCUT2D eigenvalue weighted by Gasteiger charge is 2.21. The number of nitrogens with zero attached hydrogens (tertiary/aromatic N) is 4. The third-order valence-electron chi connectivity index (χ3n) is 4.17. The summed E-state index contributed by atoms with van der Waals surface area (Å²) in [6, 6.07) is 7.67. The lowest BCUT2D eigenvalue weighted by atomic mass is 10.2. The van der Waals surface area contributed by atoms with Crippen molar-refractivity contribution in [3.05, 3.63) is 34.6 Å². The molecule has 0 N–H and O–H groups in total. The third-order valence-corrected chi connectivity index (χ3v) is 5.45. The van der Waals surface area contributed by atoms with Crippen LogP contribution < -0.4 is 5.56 Å². The van der Waals surface area contributed by atoms with Crippen molar-refractivity contribution in [3.63, 3.8) is 0 Å². The van der Waals surface area contributed by atoms with Crippen molar-refractivity contribution in [2.24, 2.45) is 7.05 Å². The summed E-state index contributed by atoms with van der Waals surface area (Å²) in [5.74, 6) is 0.610. The largest absolute Gasteiger partial charge is 0.279 e. The lowest BCUT2D eigenvalue weighted by Gasteiger charge is -2.09. The van der Waals surface area contributed by atoms with E-state index in [1.165, 1.54) is 25.7 Å². The minimum absolute atomic E-state index is 0.0251. The van der Waals surface area contributed by atoms with Crippen molar-refractivity contribution < 1.29 is 0 Å². The molecule has 0 radical (unpaired) electrons. The molecular formula is C15H16N4OS. The summed E-state index contributed by atoms with van der Waals surface area (Å²) in [5.41, 5.74) is 0.865. The van der Waals surface area contributed by atoms with Crippen LogP contribution in [0.2, 0.25) is 0 Å². The van der Waals surface area contributed by atoms with Crippen molar-refractivity contribution >= 4 is 28.4 Å². The molecule has 0 amide bonds. The molecule has 4 rings (SSSR count).